The third kappa shape index (κ3) is 1.89. The number of hydrogen-bond donors (Lipinski definition) is 4. The number of aliphatic hydroxyl groups excluding tert-OH is 3. The fourth-order valence-electron chi connectivity index (χ4n) is 2.55. The first-order valence-electron chi connectivity index (χ1n) is 6.30. The summed E-state index contributed by atoms with van der Waals surface area (Å²) < 4.78 is 15.6. The second kappa shape index (κ2) is 5.02. The number of anilines is 1. The molecule has 0 amide bonds. The molecule has 0 fully saturated rings. The molecule has 2 aromatic heterocycles. The number of hydrogen-bond acceptors (Lipinski definition) is 7. The lowest BCUT2D eigenvalue weighted by molar-refractivity contribution is 0.0262. The highest BCUT2D eigenvalue weighted by Gasteiger charge is 2.43. The first-order valence-corrected chi connectivity index (χ1v) is 6.30. The van der Waals surface area contributed by atoms with E-state index in [0.29, 0.717) is 17.0 Å². The van der Waals surface area contributed by atoms with Crippen molar-refractivity contribution in [2.45, 2.75) is 18.2 Å². The lowest BCUT2D eigenvalue weighted by Crippen LogP contribution is -2.30. The zero-order valence-corrected chi connectivity index (χ0v) is 11.1. The van der Waals surface area contributed by atoms with Crippen molar-refractivity contribution in [2.75, 3.05) is 19.0 Å². The van der Waals surface area contributed by atoms with Crippen LogP contribution in [0.2, 0.25) is 0 Å². The molecular formula is C12H14FN5O3. The van der Waals surface area contributed by atoms with Crippen LogP contribution < -0.4 is 5.32 Å². The number of fused-ring (bicyclic) bond motifs is 1. The second-order valence-corrected chi connectivity index (χ2v) is 4.71. The minimum absolute atomic E-state index is 0.225. The van der Waals surface area contributed by atoms with E-state index in [1.807, 2.05) is 0 Å². The molecule has 2 heterocycles. The molecule has 9 heteroatoms. The van der Waals surface area contributed by atoms with Gasteiger partial charge in [0.25, 0.3) is 0 Å². The Balaban J connectivity index is 2.15. The molecule has 3 rings (SSSR count). The van der Waals surface area contributed by atoms with Gasteiger partial charge < -0.3 is 25.2 Å². The molecule has 21 heavy (non-hydrogen) atoms. The summed E-state index contributed by atoms with van der Waals surface area (Å²) in [5.74, 6) is -0.306. The zero-order valence-electron chi connectivity index (χ0n) is 11.1. The van der Waals surface area contributed by atoms with E-state index in [2.05, 4.69) is 20.3 Å². The first kappa shape index (κ1) is 13.9. The molecule has 0 saturated carbocycles. The van der Waals surface area contributed by atoms with Gasteiger partial charge in [-0.25, -0.2) is 19.3 Å². The van der Waals surface area contributed by atoms with Crippen LogP contribution in [0.25, 0.3) is 11.2 Å². The molecule has 0 unspecified atom stereocenters. The smallest absolute Gasteiger partial charge is 0.166 e. The van der Waals surface area contributed by atoms with Crippen LogP contribution in [0.5, 0.6) is 0 Å². The molecule has 2 aromatic rings. The first-order chi connectivity index (χ1) is 10.1. The summed E-state index contributed by atoms with van der Waals surface area (Å²) in [5.41, 5.74) is 0.518. The molecule has 0 aromatic carbocycles. The molecule has 0 radical (unpaired) electrons. The Bertz CT molecular complexity index is 716. The molecule has 0 aliphatic heterocycles. The molecule has 1 aliphatic rings. The van der Waals surface area contributed by atoms with Crippen molar-refractivity contribution in [1.29, 1.82) is 0 Å². The number of aliphatic hydroxyl groups is 3. The van der Waals surface area contributed by atoms with Crippen LogP contribution in [0.15, 0.2) is 24.1 Å². The molecule has 0 saturated heterocycles. The molecule has 4 N–H and O–H groups in total. The van der Waals surface area contributed by atoms with Gasteiger partial charge in [0, 0.05) is 12.6 Å². The van der Waals surface area contributed by atoms with Crippen LogP contribution in [0.3, 0.4) is 0 Å². The predicted molar refractivity (Wildman–Crippen MR) is 71.1 cm³/mol. The number of rotatable bonds is 3. The van der Waals surface area contributed by atoms with Crippen LogP contribution in [0.1, 0.15) is 6.04 Å². The Morgan fingerprint density at radius 1 is 1.33 bits per heavy atom. The van der Waals surface area contributed by atoms with Gasteiger partial charge in [-0.3, -0.25) is 0 Å². The monoisotopic (exact) mass is 295 g/mol. The van der Waals surface area contributed by atoms with Gasteiger partial charge in [-0.2, -0.15) is 0 Å². The van der Waals surface area contributed by atoms with Crippen LogP contribution in [0.4, 0.5) is 10.2 Å². The fourth-order valence-corrected chi connectivity index (χ4v) is 2.55. The second-order valence-electron chi connectivity index (χ2n) is 4.71. The summed E-state index contributed by atoms with van der Waals surface area (Å²) in [6.45, 7) is -0.663. The number of halogens is 1. The molecule has 1 aliphatic carbocycles. The predicted octanol–water partition coefficient (Wildman–Crippen LogP) is -0.640. The SMILES string of the molecule is CNc1ncnc2c1ncn2[C@@H]1C(F)=C(CO)[C@@H](O)[C@H]1O. The Hall–Kier alpha value is -2.10. The normalized spacial score (nSPS) is 25.9. The maximum Gasteiger partial charge on any atom is 0.166 e. The van der Waals surface area contributed by atoms with Crippen LogP contribution >= 0.6 is 0 Å². The lowest BCUT2D eigenvalue weighted by Gasteiger charge is -2.18. The van der Waals surface area contributed by atoms with Gasteiger partial charge in [-0.1, -0.05) is 0 Å². The average molecular weight is 295 g/mol. The quantitative estimate of drug-likeness (QED) is 0.595. The van der Waals surface area contributed by atoms with Gasteiger partial charge in [0.05, 0.1) is 12.9 Å². The number of nitrogens with one attached hydrogen (secondary N) is 1. The summed E-state index contributed by atoms with van der Waals surface area (Å²) >= 11 is 0. The zero-order chi connectivity index (χ0) is 15.1. The van der Waals surface area contributed by atoms with E-state index in [0.717, 1.165) is 0 Å². The van der Waals surface area contributed by atoms with Crippen molar-refractivity contribution in [1.82, 2.24) is 19.5 Å². The largest absolute Gasteiger partial charge is 0.392 e. The molecule has 0 spiro atoms. The van der Waals surface area contributed by atoms with Crippen molar-refractivity contribution in [3.05, 3.63) is 24.1 Å². The van der Waals surface area contributed by atoms with E-state index >= 15 is 0 Å². The minimum atomic E-state index is -1.46. The average Bonchev–Trinajstić information content (AvgIpc) is 2.99. The molecule has 8 nitrogen and oxygen atoms in total. The standard InChI is InChI=1S/C12H14FN5O3/c1-14-11-7-12(16-3-15-11)18(4-17-7)8-6(13)5(2-19)9(20)10(8)21/h3-4,8-10,19-21H,2H2,1H3,(H,14,15,16)/t8-,9-,10+/m1/s1. The van der Waals surface area contributed by atoms with Gasteiger partial charge in [0.15, 0.2) is 11.5 Å². The van der Waals surface area contributed by atoms with Gasteiger partial charge in [0.2, 0.25) is 0 Å². The maximum absolute atomic E-state index is 14.3. The Morgan fingerprint density at radius 2 is 2.10 bits per heavy atom. The summed E-state index contributed by atoms with van der Waals surface area (Å²) in [4.78, 5) is 12.1. The number of imidazole rings is 1. The van der Waals surface area contributed by atoms with E-state index in [-0.39, 0.29) is 5.57 Å². The maximum atomic E-state index is 14.3. The topological polar surface area (TPSA) is 116 Å². The summed E-state index contributed by atoms with van der Waals surface area (Å²) in [7, 11) is 1.67. The third-order valence-corrected chi connectivity index (χ3v) is 3.64. The van der Waals surface area contributed by atoms with Gasteiger partial charge >= 0.3 is 0 Å². The van der Waals surface area contributed by atoms with Crippen LogP contribution in [-0.2, 0) is 0 Å². The Kier molecular flexibility index (Phi) is 3.32. The Morgan fingerprint density at radius 3 is 2.71 bits per heavy atom. The molecule has 112 valence electrons. The van der Waals surface area contributed by atoms with Crippen molar-refractivity contribution >= 4 is 17.0 Å². The van der Waals surface area contributed by atoms with E-state index in [1.165, 1.54) is 17.2 Å². The van der Waals surface area contributed by atoms with Crippen molar-refractivity contribution in [2.24, 2.45) is 0 Å². The summed E-state index contributed by atoms with van der Waals surface area (Å²) in [5, 5.41) is 31.8. The van der Waals surface area contributed by atoms with Crippen molar-refractivity contribution in [3.8, 4) is 0 Å². The lowest BCUT2D eigenvalue weighted by atomic mass is 10.1. The van der Waals surface area contributed by atoms with Crippen molar-refractivity contribution < 1.29 is 19.7 Å². The van der Waals surface area contributed by atoms with E-state index < -0.39 is 30.7 Å². The Labute approximate surface area is 118 Å². The fraction of sp³-hybridized carbons (Fsp3) is 0.417. The molecule has 3 atom stereocenters. The highest BCUT2D eigenvalue weighted by atomic mass is 19.1. The van der Waals surface area contributed by atoms with E-state index in [1.54, 1.807) is 7.05 Å². The van der Waals surface area contributed by atoms with Gasteiger partial charge in [0.1, 0.15) is 35.9 Å². The van der Waals surface area contributed by atoms with E-state index in [9.17, 15) is 14.6 Å². The van der Waals surface area contributed by atoms with Crippen LogP contribution in [0, 0.1) is 0 Å². The highest BCUT2D eigenvalue weighted by molar-refractivity contribution is 5.82. The molecule has 0 bridgehead atoms. The third-order valence-electron chi connectivity index (χ3n) is 3.64. The molecular weight excluding hydrogens is 281 g/mol. The minimum Gasteiger partial charge on any atom is -0.392 e. The summed E-state index contributed by atoms with van der Waals surface area (Å²) in [6.07, 6.45) is -0.264. The number of aromatic nitrogens is 4. The van der Waals surface area contributed by atoms with Crippen molar-refractivity contribution in [3.63, 3.8) is 0 Å². The van der Waals surface area contributed by atoms with E-state index in [4.69, 9.17) is 5.11 Å². The number of nitrogens with zero attached hydrogens (tertiary/aromatic N) is 4. The highest BCUT2D eigenvalue weighted by Crippen LogP contribution is 2.38. The van der Waals surface area contributed by atoms with Crippen LogP contribution in [-0.4, -0.2) is 60.7 Å². The van der Waals surface area contributed by atoms with Gasteiger partial charge in [-0.15, -0.1) is 0 Å². The van der Waals surface area contributed by atoms with Gasteiger partial charge in [-0.05, 0) is 0 Å². The summed E-state index contributed by atoms with van der Waals surface area (Å²) in [6, 6.07) is -1.17.